The molecule has 0 aromatic heterocycles. The van der Waals surface area contributed by atoms with Crippen molar-refractivity contribution in [3.05, 3.63) is 34.1 Å². The second kappa shape index (κ2) is 6.61. The van der Waals surface area contributed by atoms with E-state index in [2.05, 4.69) is 21.4 Å². The summed E-state index contributed by atoms with van der Waals surface area (Å²) < 4.78 is 19.5. The van der Waals surface area contributed by atoms with Crippen LogP contribution >= 0.6 is 15.9 Å². The quantitative estimate of drug-likeness (QED) is 0.663. The lowest BCUT2D eigenvalue weighted by Crippen LogP contribution is -2.31. The van der Waals surface area contributed by atoms with Gasteiger partial charge in [-0.05, 0) is 48.9 Å². The number of hydrogen-bond donors (Lipinski definition) is 2. The molecule has 0 saturated carbocycles. The van der Waals surface area contributed by atoms with Gasteiger partial charge in [-0.2, -0.15) is 0 Å². The first kappa shape index (κ1) is 13.9. The fourth-order valence-corrected chi connectivity index (χ4v) is 2.90. The summed E-state index contributed by atoms with van der Waals surface area (Å²) in [5, 5.41) is 0. The Morgan fingerprint density at radius 2 is 2.17 bits per heavy atom. The van der Waals surface area contributed by atoms with Gasteiger partial charge in [-0.15, -0.1) is 0 Å². The van der Waals surface area contributed by atoms with Gasteiger partial charge in [-0.25, -0.2) is 4.39 Å². The Morgan fingerprint density at radius 3 is 2.83 bits per heavy atom. The normalized spacial score (nSPS) is 18.8. The summed E-state index contributed by atoms with van der Waals surface area (Å²) in [5.41, 5.74) is 3.67. The van der Waals surface area contributed by atoms with Gasteiger partial charge in [0, 0.05) is 23.7 Å². The van der Waals surface area contributed by atoms with Crippen molar-refractivity contribution in [1.82, 2.24) is 5.43 Å². The molecule has 1 fully saturated rings. The summed E-state index contributed by atoms with van der Waals surface area (Å²) in [6, 6.07) is 4.67. The summed E-state index contributed by atoms with van der Waals surface area (Å²) in [4.78, 5) is 0. The molecule has 0 radical (unpaired) electrons. The van der Waals surface area contributed by atoms with Crippen molar-refractivity contribution >= 4 is 15.9 Å². The molecule has 3 N–H and O–H groups in total. The third-order valence-corrected chi connectivity index (χ3v) is 4.17. The minimum absolute atomic E-state index is 0.0295. The zero-order valence-electron chi connectivity index (χ0n) is 10.2. The third kappa shape index (κ3) is 3.51. The van der Waals surface area contributed by atoms with Gasteiger partial charge in [0.2, 0.25) is 0 Å². The van der Waals surface area contributed by atoms with E-state index in [0.29, 0.717) is 5.92 Å². The summed E-state index contributed by atoms with van der Waals surface area (Å²) in [6.45, 7) is 1.62. The third-order valence-electron chi connectivity index (χ3n) is 3.44. The monoisotopic (exact) mass is 316 g/mol. The topological polar surface area (TPSA) is 47.3 Å². The van der Waals surface area contributed by atoms with Gasteiger partial charge < -0.3 is 4.74 Å². The Bertz CT molecular complexity index is 397. The van der Waals surface area contributed by atoms with Gasteiger partial charge in [-0.1, -0.05) is 15.9 Å². The van der Waals surface area contributed by atoms with Gasteiger partial charge in [0.05, 0.1) is 0 Å². The number of hydrogen-bond acceptors (Lipinski definition) is 3. The second-order valence-electron chi connectivity index (χ2n) is 4.68. The highest BCUT2D eigenvalue weighted by atomic mass is 79.9. The van der Waals surface area contributed by atoms with Crippen LogP contribution in [0.5, 0.6) is 0 Å². The molecule has 1 aliphatic rings. The number of hydrazine groups is 1. The van der Waals surface area contributed by atoms with Crippen LogP contribution in [0, 0.1) is 11.7 Å². The first-order valence-corrected chi connectivity index (χ1v) is 6.99. The van der Waals surface area contributed by atoms with Gasteiger partial charge in [-0.3, -0.25) is 11.3 Å². The van der Waals surface area contributed by atoms with Crippen molar-refractivity contribution in [2.24, 2.45) is 11.8 Å². The molecular formula is C13H18BrFN2O. The van der Waals surface area contributed by atoms with Crippen LogP contribution in [-0.2, 0) is 4.74 Å². The minimum Gasteiger partial charge on any atom is -0.381 e. The molecule has 0 bridgehead atoms. The van der Waals surface area contributed by atoms with Crippen LogP contribution in [0.2, 0.25) is 0 Å². The van der Waals surface area contributed by atoms with E-state index in [1.807, 2.05) is 0 Å². The van der Waals surface area contributed by atoms with E-state index >= 15 is 0 Å². The zero-order chi connectivity index (χ0) is 13.0. The lowest BCUT2D eigenvalue weighted by Gasteiger charge is -2.27. The minimum atomic E-state index is -0.236. The molecule has 2 rings (SSSR count). The molecule has 1 aromatic rings. The van der Waals surface area contributed by atoms with Crippen LogP contribution in [0.25, 0.3) is 0 Å². The summed E-state index contributed by atoms with van der Waals surface area (Å²) >= 11 is 3.45. The predicted octanol–water partition coefficient (Wildman–Crippen LogP) is 2.91. The smallest absolute Gasteiger partial charge is 0.123 e. The van der Waals surface area contributed by atoms with Crippen LogP contribution in [0.3, 0.4) is 0 Å². The summed E-state index contributed by atoms with van der Waals surface area (Å²) in [6.07, 6.45) is 3.00. The fourth-order valence-electron chi connectivity index (χ4n) is 2.38. The lowest BCUT2D eigenvalue weighted by atomic mass is 9.90. The van der Waals surface area contributed by atoms with E-state index in [4.69, 9.17) is 10.6 Å². The van der Waals surface area contributed by atoms with Crippen molar-refractivity contribution in [1.29, 1.82) is 0 Å². The maximum atomic E-state index is 13.3. The first-order chi connectivity index (χ1) is 8.70. The molecule has 5 heteroatoms. The Balaban J connectivity index is 2.09. The highest BCUT2D eigenvalue weighted by molar-refractivity contribution is 9.10. The zero-order valence-corrected chi connectivity index (χ0v) is 11.7. The maximum absolute atomic E-state index is 13.3. The summed E-state index contributed by atoms with van der Waals surface area (Å²) in [5.74, 6) is 5.96. The van der Waals surface area contributed by atoms with Crippen LogP contribution in [-0.4, -0.2) is 13.2 Å². The average Bonchev–Trinajstić information content (AvgIpc) is 2.40. The maximum Gasteiger partial charge on any atom is 0.123 e. The first-order valence-electron chi connectivity index (χ1n) is 6.19. The van der Waals surface area contributed by atoms with Crippen molar-refractivity contribution in [2.45, 2.75) is 25.3 Å². The van der Waals surface area contributed by atoms with Gasteiger partial charge in [0.1, 0.15) is 5.82 Å². The molecule has 18 heavy (non-hydrogen) atoms. The Labute approximate surface area is 115 Å². The van der Waals surface area contributed by atoms with E-state index in [9.17, 15) is 4.39 Å². The molecular weight excluding hydrogens is 299 g/mol. The highest BCUT2D eigenvalue weighted by Gasteiger charge is 2.21. The molecule has 1 aliphatic heterocycles. The molecule has 0 aliphatic carbocycles. The number of nitrogens with two attached hydrogens (primary N) is 1. The number of rotatable bonds is 4. The van der Waals surface area contributed by atoms with Crippen molar-refractivity contribution in [3.8, 4) is 0 Å². The molecule has 3 nitrogen and oxygen atoms in total. The molecule has 100 valence electrons. The molecule has 1 unspecified atom stereocenters. The van der Waals surface area contributed by atoms with Crippen LogP contribution in [0.15, 0.2) is 22.7 Å². The van der Waals surface area contributed by atoms with Gasteiger partial charge >= 0.3 is 0 Å². The number of benzene rings is 1. The van der Waals surface area contributed by atoms with Crippen LogP contribution in [0.4, 0.5) is 4.39 Å². The van der Waals surface area contributed by atoms with E-state index in [1.54, 1.807) is 6.07 Å². The molecule has 0 spiro atoms. The number of nitrogens with one attached hydrogen (secondary N) is 1. The Hall–Kier alpha value is -0.490. The molecule has 1 heterocycles. The average molecular weight is 317 g/mol. The second-order valence-corrected chi connectivity index (χ2v) is 5.53. The van der Waals surface area contributed by atoms with Gasteiger partial charge in [0.15, 0.2) is 0 Å². The van der Waals surface area contributed by atoms with Crippen LogP contribution in [0.1, 0.15) is 30.9 Å². The Morgan fingerprint density at radius 1 is 1.44 bits per heavy atom. The molecule has 1 atom stereocenters. The SMILES string of the molecule is NNC(CC1CCOCC1)c1cc(F)ccc1Br. The van der Waals surface area contributed by atoms with Crippen LogP contribution < -0.4 is 11.3 Å². The fraction of sp³-hybridized carbons (Fsp3) is 0.538. The lowest BCUT2D eigenvalue weighted by molar-refractivity contribution is 0.0605. The van der Waals surface area contributed by atoms with E-state index in [0.717, 1.165) is 42.5 Å². The molecule has 1 saturated heterocycles. The van der Waals surface area contributed by atoms with Crippen molar-refractivity contribution in [3.63, 3.8) is 0 Å². The van der Waals surface area contributed by atoms with Crippen molar-refractivity contribution in [2.75, 3.05) is 13.2 Å². The number of ether oxygens (including phenoxy) is 1. The van der Waals surface area contributed by atoms with Gasteiger partial charge in [0.25, 0.3) is 0 Å². The predicted molar refractivity (Wildman–Crippen MR) is 72.3 cm³/mol. The number of halogens is 2. The standard InChI is InChI=1S/C13H18BrFN2O/c14-12-2-1-10(15)8-11(12)13(17-16)7-9-3-5-18-6-4-9/h1-2,8-9,13,17H,3-7,16H2. The Kier molecular flexibility index (Phi) is 5.12. The molecule has 0 amide bonds. The van der Waals surface area contributed by atoms with E-state index in [1.165, 1.54) is 12.1 Å². The largest absolute Gasteiger partial charge is 0.381 e. The van der Waals surface area contributed by atoms with E-state index in [-0.39, 0.29) is 11.9 Å². The molecule has 1 aromatic carbocycles. The van der Waals surface area contributed by atoms with Crippen molar-refractivity contribution < 1.29 is 9.13 Å². The highest BCUT2D eigenvalue weighted by Crippen LogP contribution is 2.31. The van der Waals surface area contributed by atoms with E-state index < -0.39 is 0 Å². The summed E-state index contributed by atoms with van der Waals surface area (Å²) in [7, 11) is 0.